The molecule has 0 saturated carbocycles. The predicted octanol–water partition coefficient (Wildman–Crippen LogP) is 3.59. The summed E-state index contributed by atoms with van der Waals surface area (Å²) >= 11 is 0. The lowest BCUT2D eigenvalue weighted by molar-refractivity contribution is -0.147. The first-order valence-electron chi connectivity index (χ1n) is 10.3. The molecule has 0 bridgehead atoms. The van der Waals surface area contributed by atoms with Crippen molar-refractivity contribution in [3.05, 3.63) is 59.9 Å². The van der Waals surface area contributed by atoms with Gasteiger partial charge in [-0.15, -0.1) is 12.4 Å². The van der Waals surface area contributed by atoms with Crippen LogP contribution >= 0.6 is 12.4 Å². The topological polar surface area (TPSA) is 63.7 Å². The second kappa shape index (κ2) is 12.5. The third-order valence-electron chi connectivity index (χ3n) is 5.31. The van der Waals surface area contributed by atoms with Crippen molar-refractivity contribution in [2.45, 2.75) is 51.5 Å². The monoisotopic (exact) mass is 433 g/mol. The lowest BCUT2D eigenvalue weighted by Crippen LogP contribution is -2.45. The molecule has 0 radical (unpaired) electrons. The predicted molar refractivity (Wildman–Crippen MR) is 120 cm³/mol. The van der Waals surface area contributed by atoms with Crippen LogP contribution in [0.25, 0.3) is 0 Å². The van der Waals surface area contributed by atoms with Gasteiger partial charge in [0.2, 0.25) is 0 Å². The number of methoxy groups -OCH3 is 1. The molecule has 1 amide bonds. The van der Waals surface area contributed by atoms with Gasteiger partial charge in [-0.1, -0.05) is 18.2 Å². The molecule has 1 saturated heterocycles. The van der Waals surface area contributed by atoms with Crippen LogP contribution in [0.4, 0.5) is 0 Å². The lowest BCUT2D eigenvalue weighted by Gasteiger charge is -2.33. The fourth-order valence-electron chi connectivity index (χ4n) is 3.65. The zero-order valence-electron chi connectivity index (χ0n) is 17.8. The van der Waals surface area contributed by atoms with Gasteiger partial charge in [0.25, 0.3) is 5.91 Å². The van der Waals surface area contributed by atoms with Crippen LogP contribution in [0.15, 0.2) is 48.7 Å². The van der Waals surface area contributed by atoms with E-state index in [4.69, 9.17) is 9.47 Å². The highest BCUT2D eigenvalue weighted by Gasteiger charge is 2.29. The minimum atomic E-state index is -0.527. The molecular formula is C23H32ClN3O3. The highest BCUT2D eigenvalue weighted by Crippen LogP contribution is 2.19. The molecule has 1 fully saturated rings. The number of nitrogens with one attached hydrogen (secondary N) is 1. The quantitative estimate of drug-likeness (QED) is 0.689. The number of carbonyl (C=O) groups is 1. The average Bonchev–Trinajstić information content (AvgIpc) is 3.05. The van der Waals surface area contributed by atoms with Crippen molar-refractivity contribution in [2.24, 2.45) is 0 Å². The zero-order chi connectivity index (χ0) is 20.5. The minimum Gasteiger partial charge on any atom is -0.497 e. The summed E-state index contributed by atoms with van der Waals surface area (Å²) in [5.74, 6) is 0.804. The first-order valence-corrected chi connectivity index (χ1v) is 10.3. The van der Waals surface area contributed by atoms with Gasteiger partial charge in [-0.05, 0) is 69.1 Å². The molecule has 2 aromatic rings. The third-order valence-corrected chi connectivity index (χ3v) is 5.31. The maximum absolute atomic E-state index is 13.3. The normalized spacial score (nSPS) is 17.3. The van der Waals surface area contributed by atoms with Gasteiger partial charge in [-0.2, -0.15) is 0 Å². The lowest BCUT2D eigenvalue weighted by atomic mass is 10.1. The van der Waals surface area contributed by atoms with E-state index >= 15 is 0 Å². The fourth-order valence-corrected chi connectivity index (χ4v) is 3.65. The van der Waals surface area contributed by atoms with Crippen LogP contribution in [-0.4, -0.2) is 48.1 Å². The van der Waals surface area contributed by atoms with Gasteiger partial charge in [0.05, 0.1) is 26.0 Å². The van der Waals surface area contributed by atoms with Crippen LogP contribution in [0, 0.1) is 0 Å². The summed E-state index contributed by atoms with van der Waals surface area (Å²) in [6.45, 7) is 4.65. The largest absolute Gasteiger partial charge is 0.497 e. The standard InChI is InChI=1S/C23H31N3O3.ClH/c1-18(29-17-19-7-5-10-22(15-19)28-2)23(27)26(16-20-8-3-4-13-25-20)21-9-6-12-24-14-11-21;/h3-5,7-8,10,13,15,18,21,24H,6,9,11-12,14,16-17H2,1-2H3;1H. The van der Waals surface area contributed by atoms with Gasteiger partial charge in [-0.25, -0.2) is 0 Å². The number of carbonyl (C=O) groups excluding carboxylic acids is 1. The van der Waals surface area contributed by atoms with E-state index in [1.807, 2.05) is 54.3 Å². The maximum Gasteiger partial charge on any atom is 0.252 e. The van der Waals surface area contributed by atoms with Crippen molar-refractivity contribution in [2.75, 3.05) is 20.2 Å². The molecule has 2 atom stereocenters. The number of rotatable bonds is 8. The number of pyridine rings is 1. The van der Waals surface area contributed by atoms with Gasteiger partial charge in [-0.3, -0.25) is 9.78 Å². The smallest absolute Gasteiger partial charge is 0.252 e. The second-order valence-corrected chi connectivity index (χ2v) is 7.43. The van der Waals surface area contributed by atoms with Gasteiger partial charge in [0, 0.05) is 12.2 Å². The number of nitrogens with zero attached hydrogens (tertiary/aromatic N) is 2. The summed E-state index contributed by atoms with van der Waals surface area (Å²) in [6, 6.07) is 13.7. The Morgan fingerprint density at radius 1 is 1.23 bits per heavy atom. The number of aromatic nitrogens is 1. The molecule has 3 rings (SSSR count). The van der Waals surface area contributed by atoms with Gasteiger partial charge < -0.3 is 19.7 Å². The maximum atomic E-state index is 13.3. The van der Waals surface area contributed by atoms with E-state index in [1.54, 1.807) is 13.3 Å². The third kappa shape index (κ3) is 6.97. The van der Waals surface area contributed by atoms with E-state index in [9.17, 15) is 4.79 Å². The van der Waals surface area contributed by atoms with Gasteiger partial charge in [0.15, 0.2) is 0 Å². The molecule has 1 aliphatic rings. The number of hydrogen-bond acceptors (Lipinski definition) is 5. The van der Waals surface area contributed by atoms with Crippen molar-refractivity contribution in [1.82, 2.24) is 15.2 Å². The zero-order valence-corrected chi connectivity index (χ0v) is 18.6. The molecule has 1 N–H and O–H groups in total. The minimum absolute atomic E-state index is 0. The Balaban J connectivity index is 0.00000320. The van der Waals surface area contributed by atoms with E-state index in [0.717, 1.165) is 49.4 Å². The van der Waals surface area contributed by atoms with Crippen LogP contribution in [0.2, 0.25) is 0 Å². The molecule has 1 aliphatic heterocycles. The van der Waals surface area contributed by atoms with Crippen LogP contribution in [0.5, 0.6) is 5.75 Å². The highest BCUT2D eigenvalue weighted by molar-refractivity contribution is 5.85. The van der Waals surface area contributed by atoms with E-state index in [0.29, 0.717) is 13.2 Å². The molecule has 2 heterocycles. The van der Waals surface area contributed by atoms with E-state index in [-0.39, 0.29) is 24.4 Å². The molecular weight excluding hydrogens is 402 g/mol. The first-order chi connectivity index (χ1) is 14.2. The Hall–Kier alpha value is -2.15. The number of halogens is 1. The van der Waals surface area contributed by atoms with Gasteiger partial charge >= 0.3 is 0 Å². The Kier molecular flexibility index (Phi) is 10.1. The van der Waals surface area contributed by atoms with Crippen molar-refractivity contribution in [3.63, 3.8) is 0 Å². The summed E-state index contributed by atoms with van der Waals surface area (Å²) in [4.78, 5) is 19.7. The molecule has 7 heteroatoms. The highest BCUT2D eigenvalue weighted by atomic mass is 35.5. The van der Waals surface area contributed by atoms with Crippen LogP contribution in [-0.2, 0) is 22.7 Å². The Bertz CT molecular complexity index is 767. The van der Waals surface area contributed by atoms with E-state index in [1.165, 1.54) is 0 Å². The van der Waals surface area contributed by atoms with Crippen LogP contribution < -0.4 is 10.1 Å². The van der Waals surface area contributed by atoms with E-state index in [2.05, 4.69) is 10.3 Å². The SMILES string of the molecule is COc1cccc(COC(C)C(=O)N(Cc2ccccn2)C2CCCNCC2)c1.Cl. The molecule has 1 aromatic heterocycles. The van der Waals surface area contributed by atoms with Crippen molar-refractivity contribution in [3.8, 4) is 5.75 Å². The summed E-state index contributed by atoms with van der Waals surface area (Å²) in [6.07, 6.45) is 4.25. The molecule has 0 aliphatic carbocycles. The number of ether oxygens (including phenoxy) is 2. The molecule has 30 heavy (non-hydrogen) atoms. The van der Waals surface area contributed by atoms with Crippen molar-refractivity contribution >= 4 is 18.3 Å². The number of hydrogen-bond donors (Lipinski definition) is 1. The summed E-state index contributed by atoms with van der Waals surface area (Å²) in [5.41, 5.74) is 1.89. The number of amides is 1. The fraction of sp³-hybridized carbons (Fsp3) is 0.478. The average molecular weight is 434 g/mol. The Labute approximate surface area is 185 Å². The summed E-state index contributed by atoms with van der Waals surface area (Å²) in [7, 11) is 1.64. The molecule has 164 valence electrons. The molecule has 6 nitrogen and oxygen atoms in total. The molecule has 1 aromatic carbocycles. The Morgan fingerprint density at radius 3 is 2.87 bits per heavy atom. The van der Waals surface area contributed by atoms with Crippen LogP contribution in [0.1, 0.15) is 37.4 Å². The summed E-state index contributed by atoms with van der Waals surface area (Å²) < 4.78 is 11.2. The number of benzene rings is 1. The van der Waals surface area contributed by atoms with Crippen LogP contribution in [0.3, 0.4) is 0 Å². The Morgan fingerprint density at radius 2 is 2.10 bits per heavy atom. The van der Waals surface area contributed by atoms with Crippen molar-refractivity contribution in [1.29, 1.82) is 0 Å². The molecule has 0 spiro atoms. The second-order valence-electron chi connectivity index (χ2n) is 7.43. The van der Waals surface area contributed by atoms with Gasteiger partial charge in [0.1, 0.15) is 11.9 Å². The molecule has 2 unspecified atom stereocenters. The van der Waals surface area contributed by atoms with E-state index < -0.39 is 6.10 Å². The summed E-state index contributed by atoms with van der Waals surface area (Å²) in [5, 5.41) is 3.42. The first kappa shape index (κ1) is 24.1. The van der Waals surface area contributed by atoms with Crippen molar-refractivity contribution < 1.29 is 14.3 Å².